The molecule has 1 heterocycles. The van der Waals surface area contributed by atoms with Gasteiger partial charge in [0.2, 0.25) is 5.91 Å². The molecule has 2 aromatic carbocycles. The summed E-state index contributed by atoms with van der Waals surface area (Å²) in [5.41, 5.74) is 8.35. The van der Waals surface area contributed by atoms with Crippen molar-refractivity contribution in [2.45, 2.75) is 12.5 Å². The van der Waals surface area contributed by atoms with Crippen molar-refractivity contribution in [2.75, 3.05) is 11.9 Å². The normalized spacial score (nSPS) is 12.0. The highest BCUT2D eigenvalue weighted by molar-refractivity contribution is 5.98. The van der Waals surface area contributed by atoms with Crippen LogP contribution in [0.25, 0.3) is 10.8 Å². The number of anilines is 1. The molecule has 2 radical (unpaired) electrons. The Morgan fingerprint density at radius 1 is 1.16 bits per heavy atom. The van der Waals surface area contributed by atoms with Crippen LogP contribution >= 0.6 is 0 Å². The molecular weight excluding hydrogens is 313 g/mol. The first-order valence-corrected chi connectivity index (χ1v) is 7.96. The lowest BCUT2D eigenvalue weighted by Gasteiger charge is -2.16. The van der Waals surface area contributed by atoms with Crippen molar-refractivity contribution in [3.8, 4) is 0 Å². The average Bonchev–Trinajstić information content (AvgIpc) is 2.64. The Labute approximate surface area is 147 Å². The van der Waals surface area contributed by atoms with Crippen molar-refractivity contribution in [3.63, 3.8) is 0 Å². The van der Waals surface area contributed by atoms with Crippen molar-refractivity contribution in [1.82, 2.24) is 4.98 Å². The molecule has 0 fully saturated rings. The Kier molecular flexibility index (Phi) is 5.43. The molecule has 0 saturated carbocycles. The van der Waals surface area contributed by atoms with Gasteiger partial charge in [-0.1, -0.05) is 30.3 Å². The molecule has 0 bridgehead atoms. The van der Waals surface area contributed by atoms with Crippen molar-refractivity contribution in [2.24, 2.45) is 5.73 Å². The van der Waals surface area contributed by atoms with E-state index in [-0.39, 0.29) is 12.5 Å². The summed E-state index contributed by atoms with van der Waals surface area (Å²) < 4.78 is 4.61. The van der Waals surface area contributed by atoms with Gasteiger partial charge < -0.3 is 15.7 Å². The van der Waals surface area contributed by atoms with E-state index >= 15 is 0 Å². The molecule has 3 rings (SSSR count). The topological polar surface area (TPSA) is 77.2 Å². The highest BCUT2D eigenvalue weighted by Gasteiger charge is 2.19. The van der Waals surface area contributed by atoms with E-state index in [9.17, 15) is 4.79 Å². The minimum absolute atomic E-state index is 0.140. The molecule has 0 spiro atoms. The molecule has 1 atom stereocenters. The summed E-state index contributed by atoms with van der Waals surface area (Å²) >= 11 is 0. The minimum atomic E-state index is -0.430. The first-order valence-electron chi connectivity index (χ1n) is 7.96. The number of hydrogen-bond donors (Lipinski definition) is 2. The smallest absolute Gasteiger partial charge is 0.283 e. The van der Waals surface area contributed by atoms with Crippen molar-refractivity contribution >= 4 is 30.4 Å². The van der Waals surface area contributed by atoms with Gasteiger partial charge in [0, 0.05) is 30.0 Å². The zero-order valence-electron chi connectivity index (χ0n) is 13.7. The van der Waals surface area contributed by atoms with Gasteiger partial charge in [-0.25, -0.2) is 0 Å². The molecule has 3 N–H and O–H groups in total. The second kappa shape index (κ2) is 7.92. The summed E-state index contributed by atoms with van der Waals surface area (Å²) in [7, 11) is 5.07. The van der Waals surface area contributed by atoms with E-state index < -0.39 is 5.92 Å². The molecule has 0 saturated heterocycles. The number of benzene rings is 2. The number of nitrogens with one attached hydrogen (secondary N) is 1. The summed E-state index contributed by atoms with van der Waals surface area (Å²) in [5, 5.41) is 4.98. The molecule has 1 aromatic heterocycles. The third kappa shape index (κ3) is 4.04. The Morgan fingerprint density at radius 3 is 2.68 bits per heavy atom. The van der Waals surface area contributed by atoms with Crippen LogP contribution in [0.3, 0.4) is 0 Å². The van der Waals surface area contributed by atoms with Crippen LogP contribution in [0, 0.1) is 0 Å². The lowest BCUT2D eigenvalue weighted by Crippen LogP contribution is -2.27. The molecule has 0 aliphatic heterocycles. The second-order valence-electron chi connectivity index (χ2n) is 5.77. The molecule has 1 unspecified atom stereocenters. The van der Waals surface area contributed by atoms with Gasteiger partial charge >= 0.3 is 0 Å². The van der Waals surface area contributed by atoms with Crippen LogP contribution in [-0.4, -0.2) is 25.5 Å². The molecule has 0 aliphatic carbocycles. The maximum Gasteiger partial charge on any atom is 0.283 e. The largest absolute Gasteiger partial charge is 0.444 e. The van der Waals surface area contributed by atoms with Crippen LogP contribution in [-0.2, 0) is 16.1 Å². The predicted octanol–water partition coefficient (Wildman–Crippen LogP) is 2.52. The summed E-state index contributed by atoms with van der Waals surface area (Å²) in [5.74, 6) is -0.570. The zero-order valence-corrected chi connectivity index (χ0v) is 13.7. The monoisotopic (exact) mass is 331 g/mol. The number of nitrogens with two attached hydrogens (primary N) is 1. The molecule has 6 heteroatoms. The van der Waals surface area contributed by atoms with E-state index in [1.54, 1.807) is 12.4 Å². The number of rotatable bonds is 6. The summed E-state index contributed by atoms with van der Waals surface area (Å²) in [6, 6.07) is 15.1. The Morgan fingerprint density at radius 2 is 1.96 bits per heavy atom. The molecule has 3 aromatic rings. The van der Waals surface area contributed by atoms with Gasteiger partial charge in [0.15, 0.2) is 0 Å². The maximum absolute atomic E-state index is 12.6. The van der Waals surface area contributed by atoms with E-state index in [0.717, 1.165) is 27.6 Å². The predicted molar refractivity (Wildman–Crippen MR) is 99.2 cm³/mol. The number of aromatic nitrogens is 1. The SMILES string of the molecule is [B]OCc1ccc(C(CN)C(=O)Nc2ccc3cnccc3c2)cc1. The zero-order chi connectivity index (χ0) is 17.6. The van der Waals surface area contributed by atoms with Crippen LogP contribution in [0.4, 0.5) is 5.69 Å². The third-order valence-corrected chi connectivity index (χ3v) is 4.09. The standard InChI is InChI=1S/C19H18BN3O2/c20-25-12-13-1-3-14(4-2-13)18(10-21)19(24)23-17-6-5-16-11-22-8-7-15(16)9-17/h1-9,11,18H,10,12,21H2,(H,23,24). The first kappa shape index (κ1) is 17.1. The van der Waals surface area contributed by atoms with Gasteiger partial charge in [0.05, 0.1) is 12.5 Å². The number of pyridine rings is 1. The number of fused-ring (bicyclic) bond motifs is 1. The fourth-order valence-corrected chi connectivity index (χ4v) is 2.73. The number of amides is 1. The summed E-state index contributed by atoms with van der Waals surface area (Å²) in [6.45, 7) is 0.543. The van der Waals surface area contributed by atoms with E-state index in [0.29, 0.717) is 6.61 Å². The van der Waals surface area contributed by atoms with Gasteiger partial charge in [0.25, 0.3) is 8.05 Å². The van der Waals surface area contributed by atoms with Gasteiger partial charge in [-0.2, -0.15) is 0 Å². The lowest BCUT2D eigenvalue weighted by atomic mass is 9.97. The third-order valence-electron chi connectivity index (χ3n) is 4.09. The highest BCUT2D eigenvalue weighted by Crippen LogP contribution is 2.21. The second-order valence-corrected chi connectivity index (χ2v) is 5.77. The van der Waals surface area contributed by atoms with Gasteiger partial charge in [-0.3, -0.25) is 9.78 Å². The van der Waals surface area contributed by atoms with E-state index in [2.05, 4.69) is 15.0 Å². The van der Waals surface area contributed by atoms with E-state index in [4.69, 9.17) is 13.8 Å². The lowest BCUT2D eigenvalue weighted by molar-refractivity contribution is -0.117. The molecule has 0 aliphatic rings. The van der Waals surface area contributed by atoms with Crippen molar-refractivity contribution < 1.29 is 9.45 Å². The summed E-state index contributed by atoms with van der Waals surface area (Å²) in [4.78, 5) is 16.7. The maximum atomic E-state index is 12.6. The van der Waals surface area contributed by atoms with E-state index in [1.807, 2.05) is 48.5 Å². The van der Waals surface area contributed by atoms with E-state index in [1.165, 1.54) is 0 Å². The molecule has 1 amide bonds. The molecular formula is C19H18BN3O2. The van der Waals surface area contributed by atoms with Gasteiger partial charge in [-0.15, -0.1) is 0 Å². The fraction of sp³-hybridized carbons (Fsp3) is 0.158. The van der Waals surface area contributed by atoms with Gasteiger partial charge in [0.1, 0.15) is 0 Å². The van der Waals surface area contributed by atoms with Crippen LogP contribution in [0.2, 0.25) is 0 Å². The van der Waals surface area contributed by atoms with Crippen molar-refractivity contribution in [3.05, 3.63) is 72.1 Å². The Balaban J connectivity index is 1.76. The molecule has 124 valence electrons. The number of carbonyl (C=O) groups is 1. The first-order chi connectivity index (χ1) is 12.2. The van der Waals surface area contributed by atoms with Gasteiger partial charge in [-0.05, 0) is 34.7 Å². The number of hydrogen-bond acceptors (Lipinski definition) is 4. The Bertz CT molecular complexity index is 868. The van der Waals surface area contributed by atoms with Crippen LogP contribution in [0.15, 0.2) is 60.9 Å². The van der Waals surface area contributed by atoms with Crippen LogP contribution < -0.4 is 11.1 Å². The number of carbonyl (C=O) groups excluding carboxylic acids is 1. The molecule has 25 heavy (non-hydrogen) atoms. The molecule has 5 nitrogen and oxygen atoms in total. The Hall–Kier alpha value is -2.70. The van der Waals surface area contributed by atoms with Crippen LogP contribution in [0.1, 0.15) is 17.0 Å². The minimum Gasteiger partial charge on any atom is -0.444 e. The average molecular weight is 331 g/mol. The highest BCUT2D eigenvalue weighted by atomic mass is 16.4. The van der Waals surface area contributed by atoms with Crippen molar-refractivity contribution in [1.29, 1.82) is 0 Å². The number of nitrogens with zero attached hydrogens (tertiary/aromatic N) is 1. The summed E-state index contributed by atoms with van der Waals surface area (Å²) in [6.07, 6.45) is 3.51. The quantitative estimate of drug-likeness (QED) is 0.681. The fourth-order valence-electron chi connectivity index (χ4n) is 2.73. The van der Waals surface area contributed by atoms with Crippen LogP contribution in [0.5, 0.6) is 0 Å².